The molecule has 4 nitrogen and oxygen atoms in total. The van der Waals surface area contributed by atoms with Gasteiger partial charge in [0.2, 0.25) is 0 Å². The zero-order chi connectivity index (χ0) is 15.6. The molecule has 1 saturated carbocycles. The predicted octanol–water partition coefficient (Wildman–Crippen LogP) is 3.71. The van der Waals surface area contributed by atoms with Crippen LogP contribution in [0.25, 0.3) is 0 Å². The van der Waals surface area contributed by atoms with Gasteiger partial charge in [0.05, 0.1) is 5.02 Å². The summed E-state index contributed by atoms with van der Waals surface area (Å²) in [5, 5.41) is 12.8. The molecule has 0 saturated heterocycles. The fourth-order valence-corrected chi connectivity index (χ4v) is 3.33. The van der Waals surface area contributed by atoms with Crippen molar-refractivity contribution in [2.45, 2.75) is 38.1 Å². The normalized spacial score (nSPS) is 25.4. The van der Waals surface area contributed by atoms with E-state index >= 15 is 0 Å². The smallest absolute Gasteiger partial charge is 0.329 e. The Bertz CT molecular complexity index is 578. The van der Waals surface area contributed by atoms with E-state index in [2.05, 4.69) is 27.9 Å². The average Bonchev–Trinajstić information content (AvgIpc) is 2.44. The van der Waals surface area contributed by atoms with Gasteiger partial charge in [-0.25, -0.2) is 4.79 Å². The molecular weight excluding hydrogens is 405 g/mol. The second-order valence-corrected chi connectivity index (χ2v) is 7.08. The van der Waals surface area contributed by atoms with Crippen LogP contribution in [-0.2, 0) is 4.79 Å². The van der Waals surface area contributed by atoms with Crippen molar-refractivity contribution in [1.82, 2.24) is 5.32 Å². The quantitative estimate of drug-likeness (QED) is 0.731. The minimum atomic E-state index is -1.18. The molecule has 0 spiro atoms. The van der Waals surface area contributed by atoms with E-state index < -0.39 is 11.5 Å². The molecule has 2 rings (SSSR count). The number of benzene rings is 1. The highest BCUT2D eigenvalue weighted by Gasteiger charge is 2.46. The third-order valence-corrected chi connectivity index (χ3v) is 5.77. The first kappa shape index (κ1) is 16.5. The minimum absolute atomic E-state index is 0.0907. The van der Waals surface area contributed by atoms with Gasteiger partial charge >= 0.3 is 5.97 Å². The van der Waals surface area contributed by atoms with Crippen molar-refractivity contribution in [2.24, 2.45) is 5.92 Å². The minimum Gasteiger partial charge on any atom is -0.479 e. The van der Waals surface area contributed by atoms with Crippen LogP contribution in [-0.4, -0.2) is 22.5 Å². The van der Waals surface area contributed by atoms with Gasteiger partial charge in [-0.05, 0) is 59.5 Å². The average molecular weight is 422 g/mol. The summed E-state index contributed by atoms with van der Waals surface area (Å²) in [5.41, 5.74) is -0.788. The predicted molar refractivity (Wildman–Crippen MR) is 89.6 cm³/mol. The van der Waals surface area contributed by atoms with E-state index in [1.165, 1.54) is 0 Å². The molecule has 1 fully saturated rings. The number of carbonyl (C=O) groups excluding carboxylic acids is 1. The fraction of sp³-hybridized carbons (Fsp3) is 0.467. The molecule has 1 aromatic rings. The lowest BCUT2D eigenvalue weighted by Crippen LogP contribution is -2.60. The molecule has 2 N–H and O–H groups in total. The van der Waals surface area contributed by atoms with E-state index in [4.69, 9.17) is 11.6 Å². The van der Waals surface area contributed by atoms with Crippen LogP contribution < -0.4 is 5.32 Å². The number of carboxylic acids is 1. The maximum Gasteiger partial charge on any atom is 0.329 e. The van der Waals surface area contributed by atoms with Gasteiger partial charge in [-0.3, -0.25) is 4.79 Å². The molecule has 6 heteroatoms. The van der Waals surface area contributed by atoms with E-state index in [9.17, 15) is 14.7 Å². The van der Waals surface area contributed by atoms with Gasteiger partial charge < -0.3 is 10.4 Å². The first-order chi connectivity index (χ1) is 9.86. The summed E-state index contributed by atoms with van der Waals surface area (Å²) in [6.45, 7) is 1.88. The van der Waals surface area contributed by atoms with Crippen LogP contribution in [0.3, 0.4) is 0 Å². The van der Waals surface area contributed by atoms with Crippen molar-refractivity contribution in [3.8, 4) is 0 Å². The van der Waals surface area contributed by atoms with Gasteiger partial charge in [-0.2, -0.15) is 0 Å². The molecular formula is C15H17ClINO3. The van der Waals surface area contributed by atoms with Crippen molar-refractivity contribution in [1.29, 1.82) is 0 Å². The molecule has 0 aromatic heterocycles. The van der Waals surface area contributed by atoms with Crippen LogP contribution in [0.15, 0.2) is 18.2 Å². The van der Waals surface area contributed by atoms with Gasteiger partial charge in [0, 0.05) is 9.13 Å². The van der Waals surface area contributed by atoms with Gasteiger partial charge in [0.15, 0.2) is 0 Å². The zero-order valence-electron chi connectivity index (χ0n) is 11.7. The fourth-order valence-electron chi connectivity index (χ4n) is 2.82. The summed E-state index contributed by atoms with van der Waals surface area (Å²) in [7, 11) is 0. The molecule has 1 aliphatic rings. The standard InChI is InChI=1S/C15H17ClINO3/c1-9-4-2-3-7-15(9,14(20)21)18-13(19)10-5-6-12(17)11(16)8-10/h5-6,8-9H,2-4,7H2,1H3,(H,18,19)(H,20,21). The van der Waals surface area contributed by atoms with Crippen molar-refractivity contribution >= 4 is 46.1 Å². The van der Waals surface area contributed by atoms with Gasteiger partial charge in [-0.15, -0.1) is 0 Å². The van der Waals surface area contributed by atoms with Crippen molar-refractivity contribution in [3.05, 3.63) is 32.4 Å². The summed E-state index contributed by atoms with van der Waals surface area (Å²) in [6.07, 6.45) is 3.08. The Morgan fingerprint density at radius 1 is 1.43 bits per heavy atom. The lowest BCUT2D eigenvalue weighted by molar-refractivity contribution is -0.148. The highest BCUT2D eigenvalue weighted by atomic mass is 127. The Hall–Kier alpha value is -0.820. The summed E-state index contributed by atoms with van der Waals surface area (Å²) >= 11 is 8.10. The number of carboxylic acid groups (broad SMARTS) is 1. The largest absolute Gasteiger partial charge is 0.479 e. The van der Waals surface area contributed by atoms with Crippen LogP contribution >= 0.6 is 34.2 Å². The van der Waals surface area contributed by atoms with Crippen LogP contribution in [0.5, 0.6) is 0 Å². The number of amides is 1. The van der Waals surface area contributed by atoms with E-state index in [0.717, 1.165) is 22.8 Å². The van der Waals surface area contributed by atoms with Gasteiger partial charge in [-0.1, -0.05) is 31.4 Å². The lowest BCUT2D eigenvalue weighted by atomic mass is 9.73. The highest BCUT2D eigenvalue weighted by Crippen LogP contribution is 2.34. The first-order valence-corrected chi connectivity index (χ1v) is 8.33. The van der Waals surface area contributed by atoms with Crippen LogP contribution in [0, 0.1) is 9.49 Å². The summed E-state index contributed by atoms with van der Waals surface area (Å²) < 4.78 is 0.852. The molecule has 2 atom stereocenters. The highest BCUT2D eigenvalue weighted by molar-refractivity contribution is 14.1. The molecule has 1 aliphatic carbocycles. The second kappa shape index (κ2) is 6.52. The zero-order valence-corrected chi connectivity index (χ0v) is 14.6. The maximum atomic E-state index is 12.4. The van der Waals surface area contributed by atoms with Crippen LogP contribution in [0.1, 0.15) is 43.0 Å². The Morgan fingerprint density at radius 2 is 2.14 bits per heavy atom. The lowest BCUT2D eigenvalue weighted by Gasteiger charge is -2.39. The molecule has 0 radical (unpaired) electrons. The Morgan fingerprint density at radius 3 is 2.71 bits per heavy atom. The number of nitrogens with one attached hydrogen (secondary N) is 1. The maximum absolute atomic E-state index is 12.4. The van der Waals surface area contributed by atoms with E-state index in [1.807, 2.05) is 6.92 Å². The number of hydrogen-bond donors (Lipinski definition) is 2. The van der Waals surface area contributed by atoms with E-state index in [-0.39, 0.29) is 11.8 Å². The van der Waals surface area contributed by atoms with Gasteiger partial charge in [0.1, 0.15) is 5.54 Å². The molecule has 2 unspecified atom stereocenters. The number of rotatable bonds is 3. The monoisotopic (exact) mass is 421 g/mol. The molecule has 0 heterocycles. The molecule has 1 aromatic carbocycles. The Labute approximate surface area is 142 Å². The molecule has 114 valence electrons. The van der Waals surface area contributed by atoms with E-state index in [0.29, 0.717) is 17.0 Å². The number of halogens is 2. The SMILES string of the molecule is CC1CCCCC1(NC(=O)c1ccc(I)c(Cl)c1)C(=O)O. The summed E-state index contributed by atoms with van der Waals surface area (Å²) in [5.74, 6) is -1.43. The molecule has 0 aliphatic heterocycles. The van der Waals surface area contributed by atoms with Crippen molar-refractivity contribution in [3.63, 3.8) is 0 Å². The number of carbonyl (C=O) groups is 2. The van der Waals surface area contributed by atoms with Crippen molar-refractivity contribution < 1.29 is 14.7 Å². The third kappa shape index (κ3) is 3.34. The van der Waals surface area contributed by atoms with Gasteiger partial charge in [0.25, 0.3) is 5.91 Å². The summed E-state index contributed by atoms with van der Waals surface area (Å²) in [4.78, 5) is 24.1. The molecule has 21 heavy (non-hydrogen) atoms. The third-order valence-electron chi connectivity index (χ3n) is 4.20. The Kier molecular flexibility index (Phi) is 5.14. The van der Waals surface area contributed by atoms with E-state index in [1.54, 1.807) is 18.2 Å². The Balaban J connectivity index is 2.26. The number of hydrogen-bond acceptors (Lipinski definition) is 2. The van der Waals surface area contributed by atoms with Crippen molar-refractivity contribution in [2.75, 3.05) is 0 Å². The topological polar surface area (TPSA) is 66.4 Å². The second-order valence-electron chi connectivity index (χ2n) is 5.51. The van der Waals surface area contributed by atoms with Crippen LogP contribution in [0.2, 0.25) is 5.02 Å². The first-order valence-electron chi connectivity index (χ1n) is 6.88. The molecule has 0 bridgehead atoms. The number of aliphatic carboxylic acids is 1. The molecule has 1 amide bonds. The summed E-state index contributed by atoms with van der Waals surface area (Å²) in [6, 6.07) is 4.98. The van der Waals surface area contributed by atoms with Crippen LogP contribution in [0.4, 0.5) is 0 Å².